The summed E-state index contributed by atoms with van der Waals surface area (Å²) in [4.78, 5) is 0. The second-order valence-corrected chi connectivity index (χ2v) is 9.44. The van der Waals surface area contributed by atoms with E-state index in [1.807, 2.05) is 55.4 Å². The molecule has 3 nitrogen and oxygen atoms in total. The number of hydrogen-bond donors (Lipinski definition) is 1. The molecule has 0 aromatic carbocycles. The van der Waals surface area contributed by atoms with Crippen LogP contribution in [0.4, 0.5) is 0 Å². The average Bonchev–Trinajstić information content (AvgIpc) is 2.34. The molecule has 0 saturated carbocycles. The van der Waals surface area contributed by atoms with E-state index in [1.165, 1.54) is 0 Å². The van der Waals surface area contributed by atoms with Gasteiger partial charge in [-0.05, 0) is 40.0 Å². The summed E-state index contributed by atoms with van der Waals surface area (Å²) < 4.78 is 12.0. The first-order valence-electron chi connectivity index (χ1n) is 9.06. The highest BCUT2D eigenvalue weighted by Crippen LogP contribution is 2.39. The Balaban J connectivity index is 4.62. The Morgan fingerprint density at radius 3 is 1.75 bits per heavy atom. The standard InChI is InChI=1S/C19H38B2O3/c1-15(23-11-9-16(2,3)20)13-19(8,14-22)18(6,7)24-12-10-17(4,5)21/h15,22H,9-14H2,1-8H3. The van der Waals surface area contributed by atoms with Crippen LogP contribution in [-0.4, -0.2) is 52.3 Å². The zero-order valence-electron chi connectivity index (χ0n) is 17.2. The largest absolute Gasteiger partial charge is 0.396 e. The van der Waals surface area contributed by atoms with Gasteiger partial charge in [-0.3, -0.25) is 0 Å². The summed E-state index contributed by atoms with van der Waals surface area (Å²) in [5, 5.41) is 9.53. The highest BCUT2D eigenvalue weighted by atomic mass is 16.5. The van der Waals surface area contributed by atoms with Crippen molar-refractivity contribution in [3.8, 4) is 0 Å². The van der Waals surface area contributed by atoms with Crippen molar-refractivity contribution in [1.82, 2.24) is 0 Å². The van der Waals surface area contributed by atoms with E-state index in [4.69, 9.17) is 25.2 Å². The number of ether oxygens (including phenoxy) is 2. The number of rotatable bonds is 12. The minimum absolute atomic E-state index is 0.0262. The lowest BCUT2D eigenvalue weighted by Crippen LogP contribution is -2.48. The number of hydrogen-bond acceptors (Lipinski definition) is 3. The maximum Gasteiger partial charge on any atom is 0.0739 e. The molecule has 2 unspecified atom stereocenters. The molecule has 138 valence electrons. The van der Waals surface area contributed by atoms with Gasteiger partial charge in [0, 0.05) is 18.6 Å². The van der Waals surface area contributed by atoms with E-state index in [0.717, 1.165) is 12.8 Å². The second kappa shape index (κ2) is 9.09. The van der Waals surface area contributed by atoms with Crippen LogP contribution in [0, 0.1) is 5.41 Å². The Kier molecular flexibility index (Phi) is 9.10. The van der Waals surface area contributed by atoms with E-state index < -0.39 is 11.0 Å². The van der Waals surface area contributed by atoms with Crippen LogP contribution in [0.1, 0.15) is 74.7 Å². The summed E-state index contributed by atoms with van der Waals surface area (Å²) in [6.45, 7) is 17.4. The van der Waals surface area contributed by atoms with Gasteiger partial charge in [-0.25, -0.2) is 0 Å². The smallest absolute Gasteiger partial charge is 0.0739 e. The zero-order chi connectivity index (χ0) is 19.2. The van der Waals surface area contributed by atoms with Crippen molar-refractivity contribution in [2.45, 2.75) is 97.0 Å². The minimum Gasteiger partial charge on any atom is -0.396 e. The second-order valence-electron chi connectivity index (χ2n) is 9.44. The summed E-state index contributed by atoms with van der Waals surface area (Å²) in [5.41, 5.74) is -0.874. The summed E-state index contributed by atoms with van der Waals surface area (Å²) in [6, 6.07) is 0. The van der Waals surface area contributed by atoms with Crippen molar-refractivity contribution < 1.29 is 14.6 Å². The van der Waals surface area contributed by atoms with Crippen molar-refractivity contribution in [2.75, 3.05) is 19.8 Å². The summed E-state index contributed by atoms with van der Waals surface area (Å²) >= 11 is 0. The molecule has 2 atom stereocenters. The fourth-order valence-corrected chi connectivity index (χ4v) is 2.46. The van der Waals surface area contributed by atoms with E-state index in [9.17, 15) is 5.11 Å². The molecule has 0 aliphatic carbocycles. The van der Waals surface area contributed by atoms with Gasteiger partial charge in [0.2, 0.25) is 0 Å². The topological polar surface area (TPSA) is 38.7 Å². The maximum atomic E-state index is 10.0. The Labute approximate surface area is 153 Å². The van der Waals surface area contributed by atoms with Crippen LogP contribution in [0.5, 0.6) is 0 Å². The minimum atomic E-state index is -0.474. The summed E-state index contributed by atoms with van der Waals surface area (Å²) in [7, 11) is 12.0. The van der Waals surface area contributed by atoms with Gasteiger partial charge in [0.1, 0.15) is 0 Å². The first kappa shape index (κ1) is 24.0. The number of aliphatic hydroxyl groups is 1. The number of aliphatic hydroxyl groups excluding tert-OH is 1. The van der Waals surface area contributed by atoms with Crippen molar-refractivity contribution in [1.29, 1.82) is 0 Å². The summed E-state index contributed by atoms with van der Waals surface area (Å²) in [6.07, 6.45) is 2.32. The van der Waals surface area contributed by atoms with Crippen molar-refractivity contribution >= 4 is 15.7 Å². The average molecular weight is 336 g/mol. The van der Waals surface area contributed by atoms with Crippen molar-refractivity contribution in [3.05, 3.63) is 0 Å². The fraction of sp³-hybridized carbons (Fsp3) is 1.00. The highest BCUT2D eigenvalue weighted by Gasteiger charge is 2.42. The van der Waals surface area contributed by atoms with Crippen LogP contribution >= 0.6 is 0 Å². The lowest BCUT2D eigenvalue weighted by molar-refractivity contribution is -0.141. The third kappa shape index (κ3) is 9.48. The Bertz CT molecular complexity index is 359. The molecule has 0 fully saturated rings. The van der Waals surface area contributed by atoms with E-state index >= 15 is 0 Å². The SMILES string of the molecule is [B]C(C)(C)CCOC(C)CC(C)(CO)C(C)(C)OCCC([B])(C)C. The van der Waals surface area contributed by atoms with Crippen LogP contribution in [-0.2, 0) is 9.47 Å². The van der Waals surface area contributed by atoms with Gasteiger partial charge >= 0.3 is 0 Å². The van der Waals surface area contributed by atoms with Crippen LogP contribution in [0.15, 0.2) is 0 Å². The van der Waals surface area contributed by atoms with Crippen molar-refractivity contribution in [3.63, 3.8) is 0 Å². The van der Waals surface area contributed by atoms with E-state index in [1.54, 1.807) is 0 Å². The van der Waals surface area contributed by atoms with Gasteiger partial charge in [0.15, 0.2) is 0 Å². The van der Waals surface area contributed by atoms with Crippen LogP contribution in [0.2, 0.25) is 10.6 Å². The predicted octanol–water partition coefficient (Wildman–Crippen LogP) is 4.09. The van der Waals surface area contributed by atoms with Gasteiger partial charge in [-0.1, -0.05) is 45.2 Å². The van der Waals surface area contributed by atoms with Gasteiger partial charge in [-0.2, -0.15) is 0 Å². The molecule has 0 aliphatic heterocycles. The molecule has 0 aromatic heterocycles. The maximum absolute atomic E-state index is 10.0. The molecule has 0 aliphatic rings. The fourth-order valence-electron chi connectivity index (χ4n) is 2.46. The van der Waals surface area contributed by atoms with E-state index in [-0.39, 0.29) is 23.3 Å². The molecule has 24 heavy (non-hydrogen) atoms. The Morgan fingerprint density at radius 1 is 0.875 bits per heavy atom. The predicted molar refractivity (Wildman–Crippen MR) is 104 cm³/mol. The molecule has 5 heteroatoms. The zero-order valence-corrected chi connectivity index (χ0v) is 17.2. The Morgan fingerprint density at radius 2 is 1.33 bits per heavy atom. The third-order valence-corrected chi connectivity index (χ3v) is 4.90. The van der Waals surface area contributed by atoms with Gasteiger partial charge < -0.3 is 14.6 Å². The van der Waals surface area contributed by atoms with Crippen LogP contribution in [0.25, 0.3) is 0 Å². The Hall–Kier alpha value is 0.00987. The molecular formula is C19H38B2O3. The first-order valence-corrected chi connectivity index (χ1v) is 9.06. The molecule has 0 aromatic rings. The van der Waals surface area contributed by atoms with Crippen molar-refractivity contribution in [2.24, 2.45) is 5.41 Å². The highest BCUT2D eigenvalue weighted by molar-refractivity contribution is 6.14. The normalized spacial score (nSPS) is 17.5. The lowest BCUT2D eigenvalue weighted by atomic mass is 9.70. The van der Waals surface area contributed by atoms with E-state index in [2.05, 4.69) is 0 Å². The lowest BCUT2D eigenvalue weighted by Gasteiger charge is -2.44. The first-order chi connectivity index (χ1) is 10.6. The third-order valence-electron chi connectivity index (χ3n) is 4.90. The molecule has 0 spiro atoms. The molecule has 0 saturated heterocycles. The quantitative estimate of drug-likeness (QED) is 0.546. The molecule has 0 amide bonds. The molecule has 0 bridgehead atoms. The molecule has 0 heterocycles. The molecular weight excluding hydrogens is 298 g/mol. The van der Waals surface area contributed by atoms with Crippen LogP contribution in [0.3, 0.4) is 0 Å². The van der Waals surface area contributed by atoms with Gasteiger partial charge in [0.25, 0.3) is 0 Å². The molecule has 1 N–H and O–H groups in total. The van der Waals surface area contributed by atoms with E-state index in [0.29, 0.717) is 19.6 Å². The van der Waals surface area contributed by atoms with Crippen LogP contribution < -0.4 is 0 Å². The van der Waals surface area contributed by atoms with Gasteiger partial charge in [0.05, 0.1) is 34.0 Å². The monoisotopic (exact) mass is 336 g/mol. The molecule has 4 radical (unpaired) electrons. The summed E-state index contributed by atoms with van der Waals surface area (Å²) in [5.74, 6) is 0. The van der Waals surface area contributed by atoms with Gasteiger partial charge in [-0.15, -0.1) is 0 Å². The molecule has 0 rings (SSSR count).